The second-order valence-electron chi connectivity index (χ2n) is 7.68. The fourth-order valence-electron chi connectivity index (χ4n) is 3.12. The monoisotopic (exact) mass is 474 g/mol. The summed E-state index contributed by atoms with van der Waals surface area (Å²) in [6, 6.07) is 3.87. The van der Waals surface area contributed by atoms with E-state index in [-0.39, 0.29) is 42.9 Å². The van der Waals surface area contributed by atoms with Gasteiger partial charge < -0.3 is 14.6 Å². The molecule has 0 saturated heterocycles. The van der Waals surface area contributed by atoms with Crippen LogP contribution in [0.25, 0.3) is 0 Å². The van der Waals surface area contributed by atoms with Crippen molar-refractivity contribution < 1.29 is 31.4 Å². The molecule has 1 aliphatic rings. The number of sulfonamides is 2. The van der Waals surface area contributed by atoms with E-state index in [1.165, 1.54) is 34.9 Å². The number of ether oxygens (including phenoxy) is 2. The zero-order valence-corrected chi connectivity index (χ0v) is 20.0. The number of hydrogen-bond donors (Lipinski definition) is 1. The number of fused-ring (bicyclic) bond motifs is 1. The Morgan fingerprint density at radius 3 is 2.68 bits per heavy atom. The Kier molecular flexibility index (Phi) is 8.49. The maximum absolute atomic E-state index is 13.4. The number of benzene rings is 1. The molecule has 9 nitrogen and oxygen atoms in total. The molecule has 2 rings (SSSR count). The van der Waals surface area contributed by atoms with Crippen LogP contribution in [0.5, 0.6) is 5.75 Å². The molecule has 1 heterocycles. The lowest BCUT2D eigenvalue weighted by molar-refractivity contribution is 0.0905. The van der Waals surface area contributed by atoms with E-state index in [4.69, 9.17) is 9.47 Å². The van der Waals surface area contributed by atoms with Crippen LogP contribution < -0.4 is 4.74 Å². The Bertz CT molecular complexity index is 1050. The van der Waals surface area contributed by atoms with Crippen LogP contribution in [-0.4, -0.2) is 89.4 Å². The molecular formula is C20H30N2O7S2. The summed E-state index contributed by atoms with van der Waals surface area (Å²) in [6.45, 7) is 3.39. The summed E-state index contributed by atoms with van der Waals surface area (Å²) >= 11 is 0. The highest BCUT2D eigenvalue weighted by Crippen LogP contribution is 2.34. The van der Waals surface area contributed by atoms with Crippen molar-refractivity contribution in [1.82, 2.24) is 8.61 Å². The van der Waals surface area contributed by atoms with Crippen molar-refractivity contribution in [3.63, 3.8) is 0 Å². The van der Waals surface area contributed by atoms with Gasteiger partial charge in [0.2, 0.25) is 20.0 Å². The van der Waals surface area contributed by atoms with Crippen molar-refractivity contribution in [3.05, 3.63) is 23.8 Å². The lowest BCUT2D eigenvalue weighted by Gasteiger charge is -2.37. The highest BCUT2D eigenvalue weighted by Gasteiger charge is 2.38. The second kappa shape index (κ2) is 10.3. The molecule has 0 aliphatic carbocycles. The Morgan fingerprint density at radius 2 is 2.10 bits per heavy atom. The average Bonchev–Trinajstić information content (AvgIpc) is 2.69. The average molecular weight is 475 g/mol. The Morgan fingerprint density at radius 1 is 1.42 bits per heavy atom. The Balaban J connectivity index is 2.59. The molecule has 0 bridgehead atoms. The summed E-state index contributed by atoms with van der Waals surface area (Å²) < 4.78 is 64.0. The third kappa shape index (κ3) is 6.19. The molecular weight excluding hydrogens is 444 g/mol. The van der Waals surface area contributed by atoms with Gasteiger partial charge in [0.1, 0.15) is 23.4 Å². The van der Waals surface area contributed by atoms with Crippen LogP contribution in [0.3, 0.4) is 0 Å². The molecule has 11 heteroatoms. The number of hydrogen-bond acceptors (Lipinski definition) is 7. The van der Waals surface area contributed by atoms with Gasteiger partial charge in [-0.1, -0.05) is 18.8 Å². The maximum atomic E-state index is 13.4. The molecule has 3 atom stereocenters. The summed E-state index contributed by atoms with van der Waals surface area (Å²) in [5.41, 5.74) is 0.538. The van der Waals surface area contributed by atoms with Crippen molar-refractivity contribution in [1.29, 1.82) is 0 Å². The quantitative estimate of drug-likeness (QED) is 0.592. The molecule has 1 aromatic carbocycles. The van der Waals surface area contributed by atoms with E-state index < -0.39 is 32.2 Å². The minimum absolute atomic E-state index is 0.0421. The zero-order valence-electron chi connectivity index (χ0n) is 18.4. The van der Waals surface area contributed by atoms with Crippen molar-refractivity contribution in [2.75, 3.05) is 46.7 Å². The lowest BCUT2D eigenvalue weighted by Crippen LogP contribution is -2.50. The van der Waals surface area contributed by atoms with Gasteiger partial charge in [-0.3, -0.25) is 0 Å². The summed E-state index contributed by atoms with van der Waals surface area (Å²) in [6.07, 6.45) is 0.479. The van der Waals surface area contributed by atoms with Crippen LogP contribution >= 0.6 is 0 Å². The highest BCUT2D eigenvalue weighted by atomic mass is 32.2. The highest BCUT2D eigenvalue weighted by molar-refractivity contribution is 7.89. The third-order valence-electron chi connectivity index (χ3n) is 5.12. The van der Waals surface area contributed by atoms with E-state index in [0.717, 1.165) is 6.26 Å². The van der Waals surface area contributed by atoms with Crippen LogP contribution in [0.1, 0.15) is 19.4 Å². The first-order valence-corrected chi connectivity index (χ1v) is 13.0. The first-order valence-electron chi connectivity index (χ1n) is 9.74. The summed E-state index contributed by atoms with van der Waals surface area (Å²) in [5.74, 6) is 5.43. The van der Waals surface area contributed by atoms with Gasteiger partial charge in [0.05, 0.1) is 19.4 Å². The molecule has 0 unspecified atom stereocenters. The first kappa shape index (κ1) is 25.6. The smallest absolute Gasteiger partial charge is 0.247 e. The van der Waals surface area contributed by atoms with Crippen LogP contribution in [0.4, 0.5) is 0 Å². The normalized spacial score (nSPS) is 22.4. The largest absolute Gasteiger partial charge is 0.487 e. The molecule has 0 saturated carbocycles. The fourth-order valence-corrected chi connectivity index (χ4v) is 5.36. The molecule has 0 radical (unpaired) electrons. The molecule has 174 valence electrons. The molecule has 1 aromatic rings. The number of methoxy groups -OCH3 is 1. The summed E-state index contributed by atoms with van der Waals surface area (Å²) in [7, 11) is -4.46. The van der Waals surface area contributed by atoms with Crippen LogP contribution in [0, 0.1) is 17.8 Å². The maximum Gasteiger partial charge on any atom is 0.247 e. The predicted octanol–water partition coefficient (Wildman–Crippen LogP) is 0.345. The van der Waals surface area contributed by atoms with Crippen LogP contribution in [-0.2, 0) is 24.8 Å². The SMILES string of the molecule is COCC#Cc1ccc2c(c1)O[C@@H](CN(C)S(C)(=O)=O)[C@@H](C)CN([C@H](C)CO)S2(=O)=O. The van der Waals surface area contributed by atoms with Gasteiger partial charge in [-0.2, -0.15) is 4.31 Å². The van der Waals surface area contributed by atoms with Gasteiger partial charge in [-0.05, 0) is 25.1 Å². The van der Waals surface area contributed by atoms with Crippen molar-refractivity contribution in [3.8, 4) is 17.6 Å². The van der Waals surface area contributed by atoms with Gasteiger partial charge in [0, 0.05) is 38.2 Å². The van der Waals surface area contributed by atoms with Crippen LogP contribution in [0.2, 0.25) is 0 Å². The molecule has 31 heavy (non-hydrogen) atoms. The molecule has 1 N–H and O–H groups in total. The number of aliphatic hydroxyl groups excluding tert-OH is 1. The fraction of sp³-hybridized carbons (Fsp3) is 0.600. The number of likely N-dealkylation sites (N-methyl/N-ethyl adjacent to an activating group) is 1. The number of aliphatic hydroxyl groups is 1. The Labute approximate surface area is 185 Å². The van der Waals surface area contributed by atoms with E-state index in [1.807, 2.05) is 0 Å². The predicted molar refractivity (Wildman–Crippen MR) is 117 cm³/mol. The summed E-state index contributed by atoms with van der Waals surface area (Å²) in [5, 5.41) is 9.64. The standard InChI is InChI=1S/C20H30N2O7S2/c1-15-12-22(16(2)14-23)31(26,27)20-9-8-17(7-6-10-28-4)11-18(20)29-19(15)13-21(3)30(5,24)25/h8-9,11,15-16,19,23H,10,12-14H2,1-5H3/t15-,16+,19-/m0/s1. The number of nitrogens with zero attached hydrogens (tertiary/aromatic N) is 2. The van der Waals surface area contributed by atoms with Crippen molar-refractivity contribution in [2.24, 2.45) is 5.92 Å². The minimum Gasteiger partial charge on any atom is -0.487 e. The molecule has 0 fully saturated rings. The minimum atomic E-state index is -3.97. The van der Waals surface area contributed by atoms with E-state index in [2.05, 4.69) is 11.8 Å². The summed E-state index contributed by atoms with van der Waals surface area (Å²) in [4.78, 5) is -0.0519. The van der Waals surface area contributed by atoms with Gasteiger partial charge in [-0.25, -0.2) is 21.1 Å². The van der Waals surface area contributed by atoms with Gasteiger partial charge in [0.15, 0.2) is 0 Å². The zero-order chi connectivity index (χ0) is 23.4. The van der Waals surface area contributed by atoms with Crippen LogP contribution in [0.15, 0.2) is 23.1 Å². The van der Waals surface area contributed by atoms with Crippen molar-refractivity contribution >= 4 is 20.0 Å². The van der Waals surface area contributed by atoms with E-state index in [9.17, 15) is 21.9 Å². The second-order valence-corrected chi connectivity index (χ2v) is 11.6. The van der Waals surface area contributed by atoms with Gasteiger partial charge in [-0.15, -0.1) is 0 Å². The third-order valence-corrected chi connectivity index (χ3v) is 8.42. The lowest BCUT2D eigenvalue weighted by atomic mass is 10.0. The van der Waals surface area contributed by atoms with E-state index in [0.29, 0.717) is 5.56 Å². The van der Waals surface area contributed by atoms with Crippen molar-refractivity contribution in [2.45, 2.75) is 30.9 Å². The van der Waals surface area contributed by atoms with E-state index >= 15 is 0 Å². The molecule has 0 spiro atoms. The Hall–Kier alpha value is -1.68. The number of rotatable bonds is 6. The first-order chi connectivity index (χ1) is 14.4. The van der Waals surface area contributed by atoms with Gasteiger partial charge >= 0.3 is 0 Å². The molecule has 0 amide bonds. The van der Waals surface area contributed by atoms with E-state index in [1.54, 1.807) is 19.9 Å². The van der Waals surface area contributed by atoms with Gasteiger partial charge in [0.25, 0.3) is 0 Å². The topological polar surface area (TPSA) is 113 Å². The molecule has 0 aromatic heterocycles. The molecule has 1 aliphatic heterocycles.